The Kier molecular flexibility index (Phi) is 4.03. The number of benzene rings is 1. The van der Waals surface area contributed by atoms with Gasteiger partial charge in [0.2, 0.25) is 17.8 Å². The van der Waals surface area contributed by atoms with E-state index in [1.807, 2.05) is 12.1 Å². The van der Waals surface area contributed by atoms with Crippen molar-refractivity contribution in [2.24, 2.45) is 5.84 Å². The Hall–Kier alpha value is -2.12. The van der Waals surface area contributed by atoms with E-state index in [9.17, 15) is 0 Å². The zero-order chi connectivity index (χ0) is 14.7. The largest absolute Gasteiger partial charge is 0.341 e. The average Bonchev–Trinajstić information content (AvgIpc) is 3.04. The molecule has 21 heavy (non-hydrogen) atoms. The van der Waals surface area contributed by atoms with Crippen LogP contribution in [0, 0.1) is 0 Å². The Balaban J connectivity index is 1.86. The lowest BCUT2D eigenvalue weighted by Gasteiger charge is -2.16. The lowest BCUT2D eigenvalue weighted by molar-refractivity contribution is 0.882. The van der Waals surface area contributed by atoms with E-state index in [-0.39, 0.29) is 0 Å². The monoisotopic (exact) mass is 305 g/mol. The number of hydrogen-bond acceptors (Lipinski definition) is 7. The summed E-state index contributed by atoms with van der Waals surface area (Å²) in [5.41, 5.74) is 3.32. The normalized spacial score (nSPS) is 14.3. The van der Waals surface area contributed by atoms with Gasteiger partial charge in [-0.05, 0) is 37.1 Å². The predicted molar refractivity (Wildman–Crippen MR) is 83.8 cm³/mol. The van der Waals surface area contributed by atoms with Crippen LogP contribution in [-0.4, -0.2) is 28.0 Å². The Labute approximate surface area is 127 Å². The molecule has 1 fully saturated rings. The number of hydrogen-bond donors (Lipinski definition) is 3. The molecule has 8 heteroatoms. The number of anilines is 4. The molecule has 7 nitrogen and oxygen atoms in total. The third-order valence-corrected chi connectivity index (χ3v) is 3.49. The standard InChI is InChI=1S/C13H16ClN7/c14-9-3-5-10(6-4-9)16-11-17-12(20-15)19-13(18-11)21-7-1-2-8-21/h3-6H,1-2,7-8,15H2,(H2,16,17,18,19,20). The van der Waals surface area contributed by atoms with Gasteiger partial charge in [-0.1, -0.05) is 11.6 Å². The molecule has 0 aliphatic carbocycles. The van der Waals surface area contributed by atoms with Crippen LogP contribution in [0.15, 0.2) is 24.3 Å². The maximum absolute atomic E-state index is 5.87. The highest BCUT2D eigenvalue weighted by Gasteiger charge is 2.17. The van der Waals surface area contributed by atoms with Gasteiger partial charge < -0.3 is 10.2 Å². The van der Waals surface area contributed by atoms with Crippen LogP contribution in [0.5, 0.6) is 0 Å². The van der Waals surface area contributed by atoms with Gasteiger partial charge in [0.1, 0.15) is 0 Å². The van der Waals surface area contributed by atoms with Gasteiger partial charge in [0.15, 0.2) is 0 Å². The Morgan fingerprint density at radius 2 is 1.67 bits per heavy atom. The maximum atomic E-state index is 5.87. The van der Waals surface area contributed by atoms with E-state index in [0.717, 1.165) is 31.6 Å². The van der Waals surface area contributed by atoms with Crippen molar-refractivity contribution in [1.29, 1.82) is 0 Å². The SMILES string of the molecule is NNc1nc(Nc2ccc(Cl)cc2)nc(N2CCCC2)n1. The second-order valence-electron chi connectivity index (χ2n) is 4.75. The molecule has 110 valence electrons. The van der Waals surface area contributed by atoms with Crippen molar-refractivity contribution >= 4 is 35.1 Å². The number of nitrogen functional groups attached to an aromatic ring is 1. The summed E-state index contributed by atoms with van der Waals surface area (Å²) in [7, 11) is 0. The maximum Gasteiger partial charge on any atom is 0.243 e. The average molecular weight is 306 g/mol. The van der Waals surface area contributed by atoms with Crippen LogP contribution in [0.3, 0.4) is 0 Å². The van der Waals surface area contributed by atoms with Crippen LogP contribution in [0.25, 0.3) is 0 Å². The molecule has 3 rings (SSSR count). The van der Waals surface area contributed by atoms with Gasteiger partial charge in [-0.3, -0.25) is 5.43 Å². The minimum absolute atomic E-state index is 0.336. The first kappa shape index (κ1) is 13.8. The molecule has 0 atom stereocenters. The van der Waals surface area contributed by atoms with Crippen LogP contribution in [-0.2, 0) is 0 Å². The number of aromatic nitrogens is 3. The minimum atomic E-state index is 0.336. The first-order valence-corrected chi connectivity index (χ1v) is 7.12. The molecule has 4 N–H and O–H groups in total. The third kappa shape index (κ3) is 3.32. The summed E-state index contributed by atoms with van der Waals surface area (Å²) in [5, 5.41) is 3.81. The molecule has 2 heterocycles. The topological polar surface area (TPSA) is 92.0 Å². The molecule has 2 aromatic rings. The lowest BCUT2D eigenvalue weighted by atomic mass is 10.3. The summed E-state index contributed by atoms with van der Waals surface area (Å²) in [6, 6.07) is 7.32. The zero-order valence-corrected chi connectivity index (χ0v) is 12.1. The van der Waals surface area contributed by atoms with Crippen molar-refractivity contribution in [3.8, 4) is 0 Å². The van der Waals surface area contributed by atoms with Crippen molar-refractivity contribution < 1.29 is 0 Å². The van der Waals surface area contributed by atoms with E-state index in [1.54, 1.807) is 12.1 Å². The lowest BCUT2D eigenvalue weighted by Crippen LogP contribution is -2.23. The molecule has 0 bridgehead atoms. The smallest absolute Gasteiger partial charge is 0.243 e. The number of nitrogens with two attached hydrogens (primary N) is 1. The Morgan fingerprint density at radius 3 is 2.33 bits per heavy atom. The van der Waals surface area contributed by atoms with E-state index in [0.29, 0.717) is 22.9 Å². The van der Waals surface area contributed by atoms with Crippen LogP contribution in [0.1, 0.15) is 12.8 Å². The molecule has 0 unspecified atom stereocenters. The van der Waals surface area contributed by atoms with Crippen molar-refractivity contribution in [2.75, 3.05) is 28.7 Å². The number of nitrogens with zero attached hydrogens (tertiary/aromatic N) is 4. The van der Waals surface area contributed by atoms with Gasteiger partial charge in [0.25, 0.3) is 0 Å². The molecule has 1 aromatic carbocycles. The molecule has 0 spiro atoms. The summed E-state index contributed by atoms with van der Waals surface area (Å²) in [6.45, 7) is 1.91. The Morgan fingerprint density at radius 1 is 1.00 bits per heavy atom. The molecule has 1 aromatic heterocycles. The molecular formula is C13H16ClN7. The Bertz CT molecular complexity index is 610. The van der Waals surface area contributed by atoms with Gasteiger partial charge in [-0.15, -0.1) is 0 Å². The molecule has 1 aliphatic rings. The number of hydrazine groups is 1. The fraction of sp³-hybridized carbons (Fsp3) is 0.308. The number of halogens is 1. The predicted octanol–water partition coefficient (Wildman–Crippen LogP) is 2.15. The van der Waals surface area contributed by atoms with E-state index in [4.69, 9.17) is 17.4 Å². The summed E-state index contributed by atoms with van der Waals surface area (Å²) in [6.07, 6.45) is 2.30. The molecule has 1 aliphatic heterocycles. The fourth-order valence-electron chi connectivity index (χ4n) is 2.21. The second-order valence-corrected chi connectivity index (χ2v) is 5.19. The van der Waals surface area contributed by atoms with Gasteiger partial charge in [-0.25, -0.2) is 5.84 Å². The van der Waals surface area contributed by atoms with Crippen molar-refractivity contribution in [2.45, 2.75) is 12.8 Å². The third-order valence-electron chi connectivity index (χ3n) is 3.24. The van der Waals surface area contributed by atoms with E-state index in [2.05, 4.69) is 30.6 Å². The fourth-order valence-corrected chi connectivity index (χ4v) is 2.33. The van der Waals surface area contributed by atoms with Crippen molar-refractivity contribution in [3.05, 3.63) is 29.3 Å². The second kappa shape index (κ2) is 6.11. The summed E-state index contributed by atoms with van der Waals surface area (Å²) < 4.78 is 0. The van der Waals surface area contributed by atoms with Crippen LogP contribution in [0.4, 0.5) is 23.5 Å². The minimum Gasteiger partial charge on any atom is -0.341 e. The number of nitrogens with one attached hydrogen (secondary N) is 2. The molecule has 0 amide bonds. The van der Waals surface area contributed by atoms with Crippen molar-refractivity contribution in [1.82, 2.24) is 15.0 Å². The van der Waals surface area contributed by atoms with Crippen LogP contribution >= 0.6 is 11.6 Å². The quantitative estimate of drug-likeness (QED) is 0.589. The van der Waals surface area contributed by atoms with E-state index in [1.165, 1.54) is 0 Å². The molecular weight excluding hydrogens is 290 g/mol. The van der Waals surface area contributed by atoms with E-state index < -0.39 is 0 Å². The number of rotatable bonds is 4. The van der Waals surface area contributed by atoms with Gasteiger partial charge in [0.05, 0.1) is 0 Å². The van der Waals surface area contributed by atoms with Crippen molar-refractivity contribution in [3.63, 3.8) is 0 Å². The highest BCUT2D eigenvalue weighted by atomic mass is 35.5. The van der Waals surface area contributed by atoms with Gasteiger partial charge in [-0.2, -0.15) is 15.0 Å². The first-order valence-electron chi connectivity index (χ1n) is 6.75. The molecule has 1 saturated heterocycles. The zero-order valence-electron chi connectivity index (χ0n) is 11.4. The first-order chi connectivity index (χ1) is 10.2. The molecule has 0 radical (unpaired) electrons. The van der Waals surface area contributed by atoms with Gasteiger partial charge >= 0.3 is 0 Å². The van der Waals surface area contributed by atoms with Crippen LogP contribution in [0.2, 0.25) is 5.02 Å². The highest BCUT2D eigenvalue weighted by Crippen LogP contribution is 2.21. The van der Waals surface area contributed by atoms with E-state index >= 15 is 0 Å². The highest BCUT2D eigenvalue weighted by molar-refractivity contribution is 6.30. The summed E-state index contributed by atoms with van der Waals surface area (Å²) in [4.78, 5) is 15.1. The van der Waals surface area contributed by atoms with Gasteiger partial charge in [0, 0.05) is 23.8 Å². The molecule has 0 saturated carbocycles. The van der Waals surface area contributed by atoms with Crippen LogP contribution < -0.4 is 21.5 Å². The summed E-state index contributed by atoms with van der Waals surface area (Å²) >= 11 is 5.87. The summed E-state index contributed by atoms with van der Waals surface area (Å²) in [5.74, 6) is 6.85.